The fraction of sp³-hybridized carbons (Fsp3) is 0.889. The average molecular weight is 776 g/mol. The number of azide groups is 1. The number of hydrogen-bond donors (Lipinski definition) is 2. The molecule has 0 aromatic heterocycles. The van der Waals surface area contributed by atoms with Crippen LogP contribution in [0.1, 0.15) is 101 Å². The van der Waals surface area contributed by atoms with Crippen molar-refractivity contribution in [1.29, 1.82) is 0 Å². The molecule has 0 aliphatic heterocycles. The molecule has 2 N–H and O–H groups in total. The highest BCUT2D eigenvalue weighted by Crippen LogP contribution is 2.16. The first-order valence-corrected chi connectivity index (χ1v) is 18.9. The minimum atomic E-state index is -0.658. The topological polar surface area (TPSA) is 212 Å². The van der Waals surface area contributed by atoms with Crippen LogP contribution < -0.4 is 10.8 Å². The quantitative estimate of drug-likeness (QED) is 0.0334. The molecule has 0 aromatic rings. The average Bonchev–Trinajstić information content (AvgIpc) is 3.06. The molecule has 3 amide bonds. The Morgan fingerprint density at radius 3 is 1.78 bits per heavy atom. The number of carbonyl (C=O) groups excluding carboxylic acids is 4. The molecule has 0 spiro atoms. The Morgan fingerprint density at radius 2 is 1.22 bits per heavy atom. The normalized spacial score (nSPS) is 11.8. The van der Waals surface area contributed by atoms with Gasteiger partial charge in [-0.15, -0.1) is 0 Å². The van der Waals surface area contributed by atoms with E-state index in [0.717, 1.165) is 0 Å². The summed E-state index contributed by atoms with van der Waals surface area (Å²) in [5.74, 6) is -0.728. The molecule has 314 valence electrons. The lowest BCUT2D eigenvalue weighted by Crippen LogP contribution is -2.40. The van der Waals surface area contributed by atoms with Crippen molar-refractivity contribution in [2.24, 2.45) is 10.5 Å². The van der Waals surface area contributed by atoms with E-state index in [4.69, 9.17) is 38.9 Å². The van der Waals surface area contributed by atoms with Crippen molar-refractivity contribution in [3.8, 4) is 0 Å². The van der Waals surface area contributed by atoms with E-state index in [1.165, 1.54) is 5.06 Å². The van der Waals surface area contributed by atoms with E-state index in [2.05, 4.69) is 20.8 Å². The fourth-order valence-electron chi connectivity index (χ4n) is 4.10. The lowest BCUT2D eigenvalue weighted by atomic mass is 9.98. The first-order chi connectivity index (χ1) is 25.4. The van der Waals surface area contributed by atoms with Crippen molar-refractivity contribution in [2.75, 3.05) is 92.1 Å². The number of amides is 3. The molecular weight excluding hydrogens is 706 g/mol. The van der Waals surface area contributed by atoms with E-state index in [9.17, 15) is 19.2 Å². The zero-order valence-corrected chi connectivity index (χ0v) is 34.4. The van der Waals surface area contributed by atoms with Crippen LogP contribution in [-0.2, 0) is 47.7 Å². The Hall–Kier alpha value is -3.25. The zero-order chi connectivity index (χ0) is 40.9. The van der Waals surface area contributed by atoms with Gasteiger partial charge in [-0.3, -0.25) is 14.4 Å². The van der Waals surface area contributed by atoms with Crippen molar-refractivity contribution >= 4 is 23.9 Å². The predicted octanol–water partition coefficient (Wildman–Crippen LogP) is 4.71. The molecule has 0 saturated carbocycles. The Balaban J connectivity index is 4.43. The smallest absolute Gasteiger partial charge is 0.410 e. The van der Waals surface area contributed by atoms with Gasteiger partial charge < -0.3 is 38.7 Å². The van der Waals surface area contributed by atoms with Crippen LogP contribution in [0.2, 0.25) is 0 Å². The van der Waals surface area contributed by atoms with Gasteiger partial charge >= 0.3 is 12.1 Å². The van der Waals surface area contributed by atoms with E-state index < -0.39 is 22.7 Å². The summed E-state index contributed by atoms with van der Waals surface area (Å²) in [4.78, 5) is 65.5. The van der Waals surface area contributed by atoms with E-state index in [0.29, 0.717) is 111 Å². The summed E-state index contributed by atoms with van der Waals surface area (Å²) in [6.07, 6.45) is 2.10. The predicted molar refractivity (Wildman–Crippen MR) is 202 cm³/mol. The highest BCUT2D eigenvalue weighted by atomic mass is 16.7. The molecule has 0 rings (SSSR count). The lowest BCUT2D eigenvalue weighted by molar-refractivity contribution is -0.227. The van der Waals surface area contributed by atoms with Crippen molar-refractivity contribution < 1.29 is 52.5 Å². The minimum Gasteiger partial charge on any atom is -0.444 e. The van der Waals surface area contributed by atoms with Gasteiger partial charge in [-0.1, -0.05) is 5.11 Å². The van der Waals surface area contributed by atoms with Gasteiger partial charge in [-0.25, -0.2) is 14.7 Å². The van der Waals surface area contributed by atoms with Gasteiger partial charge in [-0.05, 0) is 93.5 Å². The molecule has 0 aliphatic carbocycles. The van der Waals surface area contributed by atoms with Crippen LogP contribution >= 0.6 is 0 Å². The van der Waals surface area contributed by atoms with Gasteiger partial charge in [0.05, 0.1) is 63.9 Å². The molecule has 0 radical (unpaired) electrons. The summed E-state index contributed by atoms with van der Waals surface area (Å²) in [5, 5.41) is 7.56. The standard InChI is InChI=1S/C36H69N7O11/c1-34(2,3)32(46)53-40-17-13-20-42(33(47)52-35(4,5)6)19-10-11-21-43(54-36(7,8)9)31(45)14-12-16-38-30(44)15-22-48-24-26-50-28-29-51-27-25-49-23-18-39-41-37/h40H,10-29H2,1-9H3,(H,38,44). The first-order valence-electron chi connectivity index (χ1n) is 18.9. The lowest BCUT2D eigenvalue weighted by Gasteiger charge is -2.30. The number of unbranched alkanes of at least 4 members (excludes halogenated alkanes) is 1. The van der Waals surface area contributed by atoms with Crippen LogP contribution in [0.4, 0.5) is 4.79 Å². The molecule has 0 aromatic carbocycles. The molecule has 0 bridgehead atoms. The fourth-order valence-corrected chi connectivity index (χ4v) is 4.10. The molecule has 18 heteroatoms. The molecular formula is C36H69N7O11. The number of carbonyl (C=O) groups is 4. The second kappa shape index (κ2) is 29.1. The van der Waals surface area contributed by atoms with Crippen LogP contribution in [0.15, 0.2) is 5.11 Å². The van der Waals surface area contributed by atoms with E-state index in [-0.39, 0.29) is 37.2 Å². The second-order valence-electron chi connectivity index (χ2n) is 15.4. The van der Waals surface area contributed by atoms with Gasteiger partial charge in [0, 0.05) is 57.0 Å². The summed E-state index contributed by atoms with van der Waals surface area (Å²) in [7, 11) is 0. The van der Waals surface area contributed by atoms with Crippen LogP contribution in [-0.4, -0.2) is 137 Å². The van der Waals surface area contributed by atoms with Gasteiger partial charge in [-0.2, -0.15) is 5.48 Å². The number of rotatable bonds is 30. The maximum Gasteiger partial charge on any atom is 0.410 e. The minimum absolute atomic E-state index is 0.169. The Morgan fingerprint density at radius 1 is 0.667 bits per heavy atom. The number of hydrogen-bond acceptors (Lipinski definition) is 13. The summed E-state index contributed by atoms with van der Waals surface area (Å²) < 4.78 is 27.1. The monoisotopic (exact) mass is 776 g/mol. The van der Waals surface area contributed by atoms with Crippen molar-refractivity contribution in [1.82, 2.24) is 20.8 Å². The van der Waals surface area contributed by atoms with Crippen LogP contribution in [0.25, 0.3) is 10.4 Å². The number of nitrogens with one attached hydrogen (secondary N) is 2. The van der Waals surface area contributed by atoms with Crippen LogP contribution in [0, 0.1) is 5.41 Å². The van der Waals surface area contributed by atoms with Gasteiger partial charge in [0.2, 0.25) is 11.8 Å². The Kier molecular flexibility index (Phi) is 27.3. The number of nitrogens with zero attached hydrogens (tertiary/aromatic N) is 5. The SMILES string of the molecule is CC(C)(C)OC(=O)N(CCCCN(OC(C)(C)C)C(=O)CCCNC(=O)CCOCCOCCOCCOCCN=[N+]=[N-])CCCNOC(=O)C(C)(C)C. The summed E-state index contributed by atoms with van der Waals surface area (Å²) in [6, 6.07) is 0. The van der Waals surface area contributed by atoms with Crippen LogP contribution in [0.5, 0.6) is 0 Å². The maximum atomic E-state index is 13.1. The van der Waals surface area contributed by atoms with E-state index >= 15 is 0 Å². The van der Waals surface area contributed by atoms with Crippen molar-refractivity contribution in [3.05, 3.63) is 10.4 Å². The highest BCUT2D eigenvalue weighted by Gasteiger charge is 2.25. The highest BCUT2D eigenvalue weighted by molar-refractivity contribution is 5.77. The Labute approximate surface area is 322 Å². The molecule has 0 saturated heterocycles. The molecule has 0 heterocycles. The van der Waals surface area contributed by atoms with E-state index in [1.807, 2.05) is 41.5 Å². The third-order valence-electron chi connectivity index (χ3n) is 6.72. The molecule has 0 aliphatic rings. The van der Waals surface area contributed by atoms with Crippen molar-refractivity contribution in [3.63, 3.8) is 0 Å². The zero-order valence-electron chi connectivity index (χ0n) is 34.4. The molecule has 54 heavy (non-hydrogen) atoms. The molecule has 18 nitrogen and oxygen atoms in total. The number of ether oxygens (including phenoxy) is 5. The molecule has 0 fully saturated rings. The number of hydroxylamine groups is 3. The van der Waals surface area contributed by atoms with Gasteiger partial charge in [0.25, 0.3) is 0 Å². The summed E-state index contributed by atoms with van der Waals surface area (Å²) >= 11 is 0. The molecule has 0 unspecified atom stereocenters. The van der Waals surface area contributed by atoms with Gasteiger partial charge in [0.15, 0.2) is 0 Å². The first kappa shape index (κ1) is 50.8. The van der Waals surface area contributed by atoms with Gasteiger partial charge in [0.1, 0.15) is 5.60 Å². The van der Waals surface area contributed by atoms with Crippen molar-refractivity contribution in [2.45, 2.75) is 112 Å². The second-order valence-corrected chi connectivity index (χ2v) is 15.4. The van der Waals surface area contributed by atoms with E-state index in [1.54, 1.807) is 25.7 Å². The third-order valence-corrected chi connectivity index (χ3v) is 6.72. The third kappa shape index (κ3) is 31.1. The Bertz CT molecular complexity index is 1100. The summed E-state index contributed by atoms with van der Waals surface area (Å²) in [6.45, 7) is 21.4. The maximum absolute atomic E-state index is 13.1. The van der Waals surface area contributed by atoms with Crippen LogP contribution in [0.3, 0.4) is 0 Å². The summed E-state index contributed by atoms with van der Waals surface area (Å²) in [5.41, 5.74) is 8.97. The molecule has 0 atom stereocenters. The largest absolute Gasteiger partial charge is 0.444 e.